The van der Waals surface area contributed by atoms with Crippen molar-refractivity contribution in [2.75, 3.05) is 0 Å². The number of aryl methyl sites for hydroxylation is 1. The van der Waals surface area contributed by atoms with Crippen molar-refractivity contribution in [1.29, 1.82) is 0 Å². The topological polar surface area (TPSA) is 88.5 Å². The van der Waals surface area contributed by atoms with Crippen LogP contribution in [0.1, 0.15) is 36.3 Å². The smallest absolute Gasteiger partial charge is 0.408 e. The van der Waals surface area contributed by atoms with Crippen LogP contribution in [-0.4, -0.2) is 27.8 Å². The Kier molecular flexibility index (Phi) is 4.88. The lowest BCUT2D eigenvalue weighted by Gasteiger charge is -2.19. The van der Waals surface area contributed by atoms with Gasteiger partial charge in [0.1, 0.15) is 10.6 Å². The van der Waals surface area contributed by atoms with E-state index in [0.717, 1.165) is 0 Å². The molecule has 0 aliphatic rings. The number of carbonyl (C=O) groups is 2. The highest BCUT2D eigenvalue weighted by molar-refractivity contribution is 7.11. The van der Waals surface area contributed by atoms with Gasteiger partial charge in [0, 0.05) is 4.88 Å². The van der Waals surface area contributed by atoms with E-state index in [-0.39, 0.29) is 13.0 Å². The van der Waals surface area contributed by atoms with Crippen LogP contribution in [0.5, 0.6) is 0 Å². The van der Waals surface area contributed by atoms with E-state index in [1.54, 1.807) is 27.7 Å². The first-order chi connectivity index (χ1) is 8.67. The van der Waals surface area contributed by atoms with Gasteiger partial charge < -0.3 is 15.2 Å². The summed E-state index contributed by atoms with van der Waals surface area (Å²) < 4.78 is 5.09. The second-order valence-corrected chi connectivity index (χ2v) is 6.21. The Hall–Kier alpha value is -1.63. The molecule has 0 saturated carbocycles. The maximum Gasteiger partial charge on any atom is 0.408 e. The monoisotopic (exact) mass is 286 g/mol. The van der Waals surface area contributed by atoms with Gasteiger partial charge in [0.15, 0.2) is 0 Å². The first-order valence-electron chi connectivity index (χ1n) is 5.81. The van der Waals surface area contributed by atoms with E-state index in [9.17, 15) is 9.59 Å². The summed E-state index contributed by atoms with van der Waals surface area (Å²) in [5, 5.41) is 12.0. The quantitative estimate of drug-likeness (QED) is 0.885. The van der Waals surface area contributed by atoms with Crippen LogP contribution in [0.4, 0.5) is 4.79 Å². The van der Waals surface area contributed by atoms with Gasteiger partial charge in [0.25, 0.3) is 0 Å². The average molecular weight is 286 g/mol. The molecule has 2 N–H and O–H groups in total. The molecular formula is C12H18N2O4S. The predicted octanol–water partition coefficient (Wildman–Crippen LogP) is 2.10. The molecule has 0 saturated heterocycles. The zero-order chi connectivity index (χ0) is 14.6. The summed E-state index contributed by atoms with van der Waals surface area (Å²) in [4.78, 5) is 27.0. The highest BCUT2D eigenvalue weighted by Crippen LogP contribution is 2.18. The van der Waals surface area contributed by atoms with Crippen LogP contribution in [0.25, 0.3) is 0 Å². The van der Waals surface area contributed by atoms with Crippen molar-refractivity contribution < 1.29 is 19.4 Å². The van der Waals surface area contributed by atoms with Crippen LogP contribution >= 0.6 is 11.3 Å². The number of nitrogens with one attached hydrogen (secondary N) is 1. The number of alkyl carbamates (subject to hydrolysis) is 1. The van der Waals surface area contributed by atoms with Crippen molar-refractivity contribution >= 4 is 23.4 Å². The van der Waals surface area contributed by atoms with Gasteiger partial charge in [0.2, 0.25) is 0 Å². The normalized spacial score (nSPS) is 11.2. The lowest BCUT2D eigenvalue weighted by Crippen LogP contribution is -2.32. The van der Waals surface area contributed by atoms with Crippen LogP contribution in [0.2, 0.25) is 0 Å². The summed E-state index contributed by atoms with van der Waals surface area (Å²) in [6.45, 7) is 7.34. The Labute approximate surface area is 115 Å². The molecule has 1 amide bonds. The van der Waals surface area contributed by atoms with Gasteiger partial charge in [-0.25, -0.2) is 9.78 Å². The number of carboxylic acids is 1. The molecule has 19 heavy (non-hydrogen) atoms. The van der Waals surface area contributed by atoms with Crippen molar-refractivity contribution in [2.24, 2.45) is 0 Å². The number of aliphatic carboxylic acids is 1. The minimum absolute atomic E-state index is 0.0457. The number of amides is 1. The summed E-state index contributed by atoms with van der Waals surface area (Å²) in [6.07, 6.45) is -0.559. The van der Waals surface area contributed by atoms with Gasteiger partial charge >= 0.3 is 12.1 Å². The third kappa shape index (κ3) is 5.69. The lowest BCUT2D eigenvalue weighted by atomic mass is 10.2. The predicted molar refractivity (Wildman–Crippen MR) is 71.3 cm³/mol. The van der Waals surface area contributed by atoms with Crippen molar-refractivity contribution in [3.05, 3.63) is 15.6 Å². The average Bonchev–Trinajstić information content (AvgIpc) is 2.53. The Bertz CT molecular complexity index is 477. The van der Waals surface area contributed by atoms with Crippen molar-refractivity contribution in [3.8, 4) is 0 Å². The fraction of sp³-hybridized carbons (Fsp3) is 0.583. The first kappa shape index (κ1) is 15.4. The van der Waals surface area contributed by atoms with E-state index in [0.29, 0.717) is 15.6 Å². The van der Waals surface area contributed by atoms with E-state index in [2.05, 4.69) is 10.3 Å². The zero-order valence-corrected chi connectivity index (χ0v) is 12.3. The molecular weight excluding hydrogens is 268 g/mol. The van der Waals surface area contributed by atoms with E-state index >= 15 is 0 Å². The fourth-order valence-electron chi connectivity index (χ4n) is 1.33. The standard InChI is InChI=1S/C12H18N2O4S/c1-7-8(5-10(15)16)19-9(14-7)6-13-11(17)18-12(2,3)4/h5-6H2,1-4H3,(H,13,17)(H,15,16). The number of carboxylic acid groups (broad SMARTS) is 1. The first-order valence-corrected chi connectivity index (χ1v) is 6.63. The number of hydrogen-bond acceptors (Lipinski definition) is 5. The summed E-state index contributed by atoms with van der Waals surface area (Å²) in [5.74, 6) is -0.890. The van der Waals surface area contributed by atoms with Crippen LogP contribution in [0.3, 0.4) is 0 Å². The second-order valence-electron chi connectivity index (χ2n) is 5.04. The maximum absolute atomic E-state index is 11.5. The van der Waals surface area contributed by atoms with Gasteiger partial charge in [-0.15, -0.1) is 11.3 Å². The summed E-state index contributed by atoms with van der Waals surface area (Å²) in [7, 11) is 0. The minimum atomic E-state index is -0.890. The van der Waals surface area contributed by atoms with Gasteiger partial charge in [-0.2, -0.15) is 0 Å². The van der Waals surface area contributed by atoms with Gasteiger partial charge in [-0.3, -0.25) is 4.79 Å². The van der Waals surface area contributed by atoms with Crippen LogP contribution in [0.15, 0.2) is 0 Å². The number of hydrogen-bond donors (Lipinski definition) is 2. The Morgan fingerprint density at radius 3 is 2.58 bits per heavy atom. The highest BCUT2D eigenvalue weighted by atomic mass is 32.1. The number of nitrogens with zero attached hydrogens (tertiary/aromatic N) is 1. The van der Waals surface area contributed by atoms with Crippen molar-refractivity contribution in [2.45, 2.75) is 46.3 Å². The molecule has 0 atom stereocenters. The third-order valence-electron chi connectivity index (χ3n) is 2.03. The minimum Gasteiger partial charge on any atom is -0.481 e. The van der Waals surface area contributed by atoms with E-state index in [4.69, 9.17) is 9.84 Å². The molecule has 106 valence electrons. The molecule has 0 spiro atoms. The number of carbonyl (C=O) groups excluding carboxylic acids is 1. The summed E-state index contributed by atoms with van der Waals surface area (Å²) in [6, 6.07) is 0. The van der Waals surface area contributed by atoms with E-state index in [1.165, 1.54) is 11.3 Å². The highest BCUT2D eigenvalue weighted by Gasteiger charge is 2.17. The Morgan fingerprint density at radius 1 is 1.42 bits per heavy atom. The van der Waals surface area contributed by atoms with E-state index in [1.807, 2.05) is 0 Å². The third-order valence-corrected chi connectivity index (χ3v) is 3.19. The SMILES string of the molecule is Cc1nc(CNC(=O)OC(C)(C)C)sc1CC(=O)O. The van der Waals surface area contributed by atoms with Crippen LogP contribution in [0, 0.1) is 6.92 Å². The molecule has 0 unspecified atom stereocenters. The molecule has 1 heterocycles. The van der Waals surface area contributed by atoms with Gasteiger partial charge in [-0.05, 0) is 27.7 Å². The summed E-state index contributed by atoms with van der Waals surface area (Å²) in [5.41, 5.74) is 0.144. The number of ether oxygens (including phenoxy) is 1. The molecule has 6 nitrogen and oxygen atoms in total. The molecule has 0 fully saturated rings. The number of rotatable bonds is 4. The van der Waals surface area contributed by atoms with Crippen molar-refractivity contribution in [3.63, 3.8) is 0 Å². The number of thiazole rings is 1. The lowest BCUT2D eigenvalue weighted by molar-refractivity contribution is -0.136. The molecule has 1 aromatic heterocycles. The molecule has 7 heteroatoms. The Morgan fingerprint density at radius 2 is 2.05 bits per heavy atom. The largest absolute Gasteiger partial charge is 0.481 e. The second kappa shape index (κ2) is 6.01. The van der Waals surface area contributed by atoms with Crippen LogP contribution < -0.4 is 5.32 Å². The zero-order valence-electron chi connectivity index (χ0n) is 11.4. The molecule has 1 rings (SSSR count). The molecule has 0 bridgehead atoms. The molecule has 0 aliphatic heterocycles. The molecule has 1 aromatic rings. The Balaban J connectivity index is 2.54. The fourth-order valence-corrected chi connectivity index (χ4v) is 2.33. The van der Waals surface area contributed by atoms with E-state index < -0.39 is 17.7 Å². The summed E-state index contributed by atoms with van der Waals surface area (Å²) >= 11 is 1.29. The van der Waals surface area contributed by atoms with Gasteiger partial charge in [-0.1, -0.05) is 0 Å². The number of aromatic nitrogens is 1. The van der Waals surface area contributed by atoms with Crippen molar-refractivity contribution in [1.82, 2.24) is 10.3 Å². The molecule has 0 aromatic carbocycles. The maximum atomic E-state index is 11.5. The van der Waals surface area contributed by atoms with Gasteiger partial charge in [0.05, 0.1) is 18.7 Å². The molecule has 0 radical (unpaired) electrons. The molecule has 0 aliphatic carbocycles. The van der Waals surface area contributed by atoms with Crippen LogP contribution in [-0.2, 0) is 22.5 Å².